The normalized spacial score (nSPS) is 37.1. The molecule has 2 aliphatic carbocycles. The van der Waals surface area contributed by atoms with Gasteiger partial charge < -0.3 is 9.29 Å². The molecule has 0 aromatic rings. The Kier molecular flexibility index (Phi) is 11.5. The van der Waals surface area contributed by atoms with Gasteiger partial charge in [-0.1, -0.05) is 10.6 Å². The highest BCUT2D eigenvalue weighted by molar-refractivity contribution is 7.96. The molecule has 0 bridgehead atoms. The van der Waals surface area contributed by atoms with Gasteiger partial charge in [-0.05, 0) is 44.9 Å². The molecular formula is C24H38F10N6O3S. The molecule has 258 valence electrons. The first kappa shape index (κ1) is 36.0. The van der Waals surface area contributed by atoms with E-state index in [1.807, 2.05) is 0 Å². The van der Waals surface area contributed by atoms with Gasteiger partial charge in [0.1, 0.15) is 41.0 Å². The van der Waals surface area contributed by atoms with E-state index in [1.54, 1.807) is 0 Å². The summed E-state index contributed by atoms with van der Waals surface area (Å²) in [4.78, 5) is 0. The number of halogens is 10. The Morgan fingerprint density at radius 3 is 1.98 bits per heavy atom. The minimum atomic E-state index is -4.86. The second-order valence-corrected chi connectivity index (χ2v) is 14.1. The zero-order chi connectivity index (χ0) is 32.5. The summed E-state index contributed by atoms with van der Waals surface area (Å²) in [5, 5.41) is 13.1. The molecule has 5 N–H and O–H groups in total. The van der Waals surface area contributed by atoms with Crippen LogP contribution in [0, 0.1) is 11.8 Å². The molecule has 0 aromatic heterocycles. The summed E-state index contributed by atoms with van der Waals surface area (Å²) in [7, 11) is -4.15. The molecule has 2 saturated heterocycles. The average Bonchev–Trinajstić information content (AvgIpc) is 2.91. The van der Waals surface area contributed by atoms with Gasteiger partial charge in [-0.2, -0.15) is 39.5 Å². The van der Waals surface area contributed by atoms with Gasteiger partial charge in [0, 0.05) is 31.6 Å². The van der Waals surface area contributed by atoms with Crippen molar-refractivity contribution >= 4 is 10.4 Å². The summed E-state index contributed by atoms with van der Waals surface area (Å²) >= 11 is 0. The highest BCUT2D eigenvalue weighted by Crippen LogP contribution is 2.43. The second kappa shape index (κ2) is 14.1. The van der Waals surface area contributed by atoms with Gasteiger partial charge in [0.05, 0.1) is 11.8 Å². The maximum absolute atomic E-state index is 13.9. The van der Waals surface area contributed by atoms with Gasteiger partial charge in [-0.3, -0.25) is 26.6 Å². The predicted octanol–water partition coefficient (Wildman–Crippen LogP) is 3.58. The van der Waals surface area contributed by atoms with Gasteiger partial charge in [0.25, 0.3) is 0 Å². The summed E-state index contributed by atoms with van der Waals surface area (Å²) in [6.07, 6.45) is -19.9. The van der Waals surface area contributed by atoms with Crippen molar-refractivity contribution in [3.05, 3.63) is 0 Å². The molecule has 20 heteroatoms. The van der Waals surface area contributed by atoms with Crippen molar-refractivity contribution in [2.75, 3.05) is 19.7 Å². The number of hydrogen-bond donors (Lipinski definition) is 5. The van der Waals surface area contributed by atoms with Crippen molar-refractivity contribution in [1.29, 1.82) is 0 Å². The topological polar surface area (TPSA) is 113 Å². The van der Waals surface area contributed by atoms with Crippen LogP contribution in [-0.4, -0.2) is 89.5 Å². The van der Waals surface area contributed by atoms with Crippen molar-refractivity contribution in [2.24, 2.45) is 11.8 Å². The smallest absolute Gasteiger partial charge is 0.411 e. The molecular weight excluding hydrogens is 642 g/mol. The molecule has 9 unspecified atom stereocenters. The zero-order valence-electron chi connectivity index (χ0n) is 23.5. The lowest BCUT2D eigenvalue weighted by Crippen LogP contribution is -2.76. The van der Waals surface area contributed by atoms with Gasteiger partial charge in [-0.25, -0.2) is 4.39 Å². The maximum Gasteiger partial charge on any atom is 0.411 e. The fraction of sp³-hybridized carbons (Fsp3) is 1.00. The predicted molar refractivity (Wildman–Crippen MR) is 136 cm³/mol. The standard InChI is InChI=1S/C24H38F10N6O3S/c25-18-5-4-16(11-17(18)24(32,33)34)44(41,42)40-8-6-14(7-9-40)35-19-37-20(39-21(38-19)43-12-22(26,27)28)36-15-3-1-2-13(10-15)23(29,30)31/h13-21,35-39H,1-12H2. The van der Waals surface area contributed by atoms with Crippen LogP contribution in [0.2, 0.25) is 0 Å². The lowest BCUT2D eigenvalue weighted by Gasteiger charge is -2.44. The van der Waals surface area contributed by atoms with E-state index in [1.165, 1.54) is 0 Å². The van der Waals surface area contributed by atoms with E-state index >= 15 is 0 Å². The number of alkyl halides is 10. The minimum absolute atomic E-state index is 0.00922. The van der Waals surface area contributed by atoms with E-state index in [0.717, 1.165) is 4.31 Å². The Labute approximate surface area is 249 Å². The monoisotopic (exact) mass is 680 g/mol. The van der Waals surface area contributed by atoms with Gasteiger partial charge in [-0.15, -0.1) is 4.31 Å². The Balaban J connectivity index is 1.33. The SMILES string of the molecule is O=[S+]([O-])(C1CCC(F)C(C(F)(F)F)C1)N1CCC(NC2NC(NC3CCCC(C(F)(F)F)C3)NC(OCC(F)(F)F)N2)CC1. The molecule has 4 rings (SSSR count). The van der Waals surface area contributed by atoms with Crippen LogP contribution in [0.5, 0.6) is 0 Å². The van der Waals surface area contributed by atoms with Crippen LogP contribution in [0.4, 0.5) is 43.9 Å². The average molecular weight is 681 g/mol. The fourth-order valence-electron chi connectivity index (χ4n) is 6.38. The van der Waals surface area contributed by atoms with Crippen LogP contribution < -0.4 is 26.6 Å². The Morgan fingerprint density at radius 1 is 0.795 bits per heavy atom. The first-order valence-electron chi connectivity index (χ1n) is 14.6. The molecule has 0 spiro atoms. The van der Waals surface area contributed by atoms with Crippen molar-refractivity contribution < 1.29 is 57.4 Å². The number of ether oxygens (including phenoxy) is 1. The Morgan fingerprint density at radius 2 is 1.41 bits per heavy atom. The third-order valence-corrected chi connectivity index (χ3v) is 11.1. The van der Waals surface area contributed by atoms with E-state index in [2.05, 4.69) is 26.6 Å². The number of rotatable bonds is 8. The van der Waals surface area contributed by atoms with Crippen molar-refractivity contribution in [2.45, 2.75) is 119 Å². The van der Waals surface area contributed by atoms with Crippen molar-refractivity contribution in [3.8, 4) is 0 Å². The summed E-state index contributed by atoms with van der Waals surface area (Å²) in [6.45, 7) is -1.70. The minimum Gasteiger partial charge on any atom is -0.597 e. The third-order valence-electron chi connectivity index (χ3n) is 8.70. The molecule has 4 fully saturated rings. The van der Waals surface area contributed by atoms with Crippen LogP contribution in [0.3, 0.4) is 0 Å². The lowest BCUT2D eigenvalue weighted by atomic mass is 9.85. The van der Waals surface area contributed by atoms with E-state index < -0.39 is 96.6 Å². The Hall–Kier alpha value is -0.870. The van der Waals surface area contributed by atoms with Gasteiger partial charge in [0.2, 0.25) is 0 Å². The molecule has 2 heterocycles. The van der Waals surface area contributed by atoms with Crippen LogP contribution in [-0.2, 0) is 19.3 Å². The lowest BCUT2D eigenvalue weighted by molar-refractivity contribution is -0.200. The summed E-state index contributed by atoms with van der Waals surface area (Å²) < 4.78 is 164. The maximum atomic E-state index is 13.9. The number of hydrogen-bond acceptors (Lipinski definition) is 8. The van der Waals surface area contributed by atoms with Gasteiger partial charge >= 0.3 is 18.5 Å². The molecule has 0 aromatic carbocycles. The van der Waals surface area contributed by atoms with E-state index in [4.69, 9.17) is 4.74 Å². The van der Waals surface area contributed by atoms with Crippen LogP contribution in [0.1, 0.15) is 57.8 Å². The molecule has 0 radical (unpaired) electrons. The zero-order valence-corrected chi connectivity index (χ0v) is 24.4. The molecule has 9 atom stereocenters. The molecule has 44 heavy (non-hydrogen) atoms. The number of nitrogens with zero attached hydrogens (tertiary/aromatic N) is 1. The van der Waals surface area contributed by atoms with Gasteiger partial charge in [0.15, 0.2) is 6.35 Å². The van der Waals surface area contributed by atoms with E-state index in [0.29, 0.717) is 12.8 Å². The van der Waals surface area contributed by atoms with E-state index in [-0.39, 0.29) is 51.2 Å². The Bertz CT molecular complexity index is 984. The highest BCUT2D eigenvalue weighted by Gasteiger charge is 2.53. The molecule has 4 aliphatic rings. The summed E-state index contributed by atoms with van der Waals surface area (Å²) in [5.41, 5.74) is 0. The fourth-order valence-corrected chi connectivity index (χ4v) is 8.41. The first-order valence-corrected chi connectivity index (χ1v) is 16.1. The van der Waals surface area contributed by atoms with Crippen molar-refractivity contribution in [1.82, 2.24) is 30.9 Å². The first-order chi connectivity index (χ1) is 20.3. The second-order valence-electron chi connectivity index (χ2n) is 11.9. The number of piperidine rings is 1. The molecule has 9 nitrogen and oxygen atoms in total. The van der Waals surface area contributed by atoms with Crippen LogP contribution in [0.25, 0.3) is 0 Å². The number of nitrogens with one attached hydrogen (secondary N) is 5. The quantitative estimate of drug-likeness (QED) is 0.196. The molecule has 2 saturated carbocycles. The molecule has 0 amide bonds. The third kappa shape index (κ3) is 9.82. The molecule has 2 aliphatic heterocycles. The number of sulfonamides is 1. The van der Waals surface area contributed by atoms with Crippen LogP contribution in [0.15, 0.2) is 0 Å². The summed E-state index contributed by atoms with van der Waals surface area (Å²) in [5.74, 6) is -3.86. The summed E-state index contributed by atoms with van der Waals surface area (Å²) in [6, 6.07) is -0.970. The van der Waals surface area contributed by atoms with E-state index in [9.17, 15) is 52.7 Å². The van der Waals surface area contributed by atoms with Crippen LogP contribution >= 0.6 is 0 Å². The highest BCUT2D eigenvalue weighted by atomic mass is 32.3. The van der Waals surface area contributed by atoms with Crippen molar-refractivity contribution in [3.63, 3.8) is 0 Å². The largest absolute Gasteiger partial charge is 0.597 e.